The minimum absolute atomic E-state index is 0.0404. The number of aromatic nitrogens is 1. The van der Waals surface area contributed by atoms with Crippen LogP contribution < -0.4 is 5.73 Å². The number of hydrogen-bond donors (Lipinski definition) is 1. The van der Waals surface area contributed by atoms with Crippen LogP contribution >= 0.6 is 0 Å². The Hall–Kier alpha value is -1.49. The summed E-state index contributed by atoms with van der Waals surface area (Å²) in [5.41, 5.74) is 6.97. The molecule has 1 amide bonds. The number of rotatable bonds is 3. The second-order valence-corrected chi connectivity index (χ2v) is 4.74. The van der Waals surface area contributed by atoms with Crippen LogP contribution in [0.25, 0.3) is 0 Å². The van der Waals surface area contributed by atoms with Gasteiger partial charge in [0.15, 0.2) is 0 Å². The van der Waals surface area contributed by atoms with E-state index < -0.39 is 0 Å². The number of ether oxygens (including phenoxy) is 1. The van der Waals surface area contributed by atoms with Crippen molar-refractivity contribution in [2.45, 2.75) is 25.9 Å². The molecular formula is C13H21N3O2. The summed E-state index contributed by atoms with van der Waals surface area (Å²) in [6.45, 7) is 4.16. The lowest BCUT2D eigenvalue weighted by molar-refractivity contribution is 0.00690. The Labute approximate surface area is 108 Å². The number of nitrogens with zero attached hydrogens (tertiary/aromatic N) is 2. The second kappa shape index (κ2) is 5.44. The van der Waals surface area contributed by atoms with E-state index in [-0.39, 0.29) is 12.0 Å². The molecule has 18 heavy (non-hydrogen) atoms. The molecular weight excluding hydrogens is 230 g/mol. The SMILES string of the molecule is CCOC1CCCN(C(=O)c2cc(N)cn2C)C1. The molecule has 0 bridgehead atoms. The average molecular weight is 251 g/mol. The van der Waals surface area contributed by atoms with Gasteiger partial charge in [0.05, 0.1) is 11.8 Å². The molecule has 1 aliphatic rings. The van der Waals surface area contributed by atoms with Gasteiger partial charge in [0.25, 0.3) is 5.91 Å². The van der Waals surface area contributed by atoms with Crippen LogP contribution in [-0.2, 0) is 11.8 Å². The Bertz CT molecular complexity index is 426. The summed E-state index contributed by atoms with van der Waals surface area (Å²) < 4.78 is 7.39. The quantitative estimate of drug-likeness (QED) is 0.879. The molecule has 2 rings (SSSR count). The van der Waals surface area contributed by atoms with Crippen molar-refractivity contribution in [1.29, 1.82) is 0 Å². The standard InChI is InChI=1S/C13H21N3O2/c1-3-18-11-5-4-6-16(9-11)13(17)12-7-10(14)8-15(12)2/h7-8,11H,3-6,9,14H2,1-2H3. The number of aryl methyl sites for hydroxylation is 1. The van der Waals surface area contributed by atoms with Gasteiger partial charge < -0.3 is 19.9 Å². The summed E-state index contributed by atoms with van der Waals surface area (Å²) in [4.78, 5) is 14.2. The van der Waals surface area contributed by atoms with Gasteiger partial charge in [-0.1, -0.05) is 0 Å². The number of anilines is 1. The topological polar surface area (TPSA) is 60.5 Å². The molecule has 0 spiro atoms. The van der Waals surface area contributed by atoms with Crippen molar-refractivity contribution in [3.8, 4) is 0 Å². The maximum Gasteiger partial charge on any atom is 0.270 e. The number of carbonyl (C=O) groups is 1. The third kappa shape index (κ3) is 2.67. The highest BCUT2D eigenvalue weighted by Crippen LogP contribution is 2.17. The Balaban J connectivity index is 2.06. The second-order valence-electron chi connectivity index (χ2n) is 4.74. The van der Waals surface area contributed by atoms with Crippen LogP contribution in [0.15, 0.2) is 12.3 Å². The first-order valence-electron chi connectivity index (χ1n) is 6.44. The summed E-state index contributed by atoms with van der Waals surface area (Å²) in [6, 6.07) is 1.73. The van der Waals surface area contributed by atoms with E-state index in [0.29, 0.717) is 24.5 Å². The molecule has 5 nitrogen and oxygen atoms in total. The Morgan fingerprint density at radius 3 is 3.00 bits per heavy atom. The van der Waals surface area contributed by atoms with Gasteiger partial charge in [0, 0.05) is 32.9 Å². The van der Waals surface area contributed by atoms with E-state index >= 15 is 0 Å². The normalized spacial score (nSPS) is 20.1. The van der Waals surface area contributed by atoms with Crippen LogP contribution in [0.4, 0.5) is 5.69 Å². The number of amides is 1. The van der Waals surface area contributed by atoms with E-state index in [1.807, 2.05) is 18.9 Å². The van der Waals surface area contributed by atoms with Crippen LogP contribution in [0.3, 0.4) is 0 Å². The van der Waals surface area contributed by atoms with Crippen LogP contribution in [0, 0.1) is 0 Å². The zero-order valence-electron chi connectivity index (χ0n) is 11.1. The molecule has 1 unspecified atom stereocenters. The van der Waals surface area contributed by atoms with E-state index in [0.717, 1.165) is 19.4 Å². The maximum atomic E-state index is 12.4. The minimum Gasteiger partial charge on any atom is -0.397 e. The van der Waals surface area contributed by atoms with E-state index in [1.54, 1.807) is 16.8 Å². The largest absolute Gasteiger partial charge is 0.397 e. The molecule has 0 radical (unpaired) electrons. The van der Waals surface area contributed by atoms with Crippen LogP contribution in [0.2, 0.25) is 0 Å². The summed E-state index contributed by atoms with van der Waals surface area (Å²) in [6.07, 6.45) is 3.96. The fraction of sp³-hybridized carbons (Fsp3) is 0.615. The lowest BCUT2D eigenvalue weighted by atomic mass is 10.1. The van der Waals surface area contributed by atoms with Crippen molar-refractivity contribution in [1.82, 2.24) is 9.47 Å². The fourth-order valence-electron chi connectivity index (χ4n) is 2.46. The first kappa shape index (κ1) is 13.0. The Morgan fingerprint density at radius 1 is 1.61 bits per heavy atom. The smallest absolute Gasteiger partial charge is 0.270 e. The Morgan fingerprint density at radius 2 is 2.39 bits per heavy atom. The molecule has 1 aromatic heterocycles. The van der Waals surface area contributed by atoms with Crippen molar-refractivity contribution < 1.29 is 9.53 Å². The number of nitrogens with two attached hydrogens (primary N) is 1. The summed E-state index contributed by atoms with van der Waals surface area (Å²) in [5.74, 6) is 0.0404. The lowest BCUT2D eigenvalue weighted by Gasteiger charge is -2.32. The fourth-order valence-corrected chi connectivity index (χ4v) is 2.46. The molecule has 1 aromatic rings. The molecule has 1 fully saturated rings. The van der Waals surface area contributed by atoms with Gasteiger partial charge in [-0.2, -0.15) is 0 Å². The van der Waals surface area contributed by atoms with Gasteiger partial charge in [-0.25, -0.2) is 0 Å². The summed E-state index contributed by atoms with van der Waals surface area (Å²) in [5, 5.41) is 0. The van der Waals surface area contributed by atoms with Gasteiger partial charge in [0.1, 0.15) is 5.69 Å². The van der Waals surface area contributed by atoms with Crippen molar-refractivity contribution in [2.24, 2.45) is 7.05 Å². The number of hydrogen-bond acceptors (Lipinski definition) is 3. The number of nitrogen functional groups attached to an aromatic ring is 1. The van der Waals surface area contributed by atoms with Gasteiger partial charge in [-0.05, 0) is 25.8 Å². The third-order valence-electron chi connectivity index (χ3n) is 3.31. The number of likely N-dealkylation sites (tertiary alicyclic amines) is 1. The van der Waals surface area contributed by atoms with Crippen molar-refractivity contribution >= 4 is 11.6 Å². The molecule has 1 atom stereocenters. The number of piperidine rings is 1. The molecule has 0 saturated carbocycles. The van der Waals surface area contributed by atoms with Gasteiger partial charge in [0.2, 0.25) is 0 Å². The van der Waals surface area contributed by atoms with E-state index in [2.05, 4.69) is 0 Å². The molecule has 2 heterocycles. The highest BCUT2D eigenvalue weighted by Gasteiger charge is 2.26. The predicted octanol–water partition coefficient (Wildman–Crippen LogP) is 1.25. The maximum absolute atomic E-state index is 12.4. The lowest BCUT2D eigenvalue weighted by Crippen LogP contribution is -2.43. The van der Waals surface area contributed by atoms with E-state index in [1.165, 1.54) is 0 Å². The van der Waals surface area contributed by atoms with Crippen molar-refractivity contribution in [2.75, 3.05) is 25.4 Å². The van der Waals surface area contributed by atoms with Crippen LogP contribution in [0.1, 0.15) is 30.3 Å². The van der Waals surface area contributed by atoms with Crippen LogP contribution in [0.5, 0.6) is 0 Å². The zero-order chi connectivity index (χ0) is 13.1. The zero-order valence-corrected chi connectivity index (χ0v) is 11.1. The molecule has 5 heteroatoms. The Kier molecular flexibility index (Phi) is 3.91. The van der Waals surface area contributed by atoms with Gasteiger partial charge >= 0.3 is 0 Å². The molecule has 0 aromatic carbocycles. The molecule has 100 valence electrons. The van der Waals surface area contributed by atoms with E-state index in [9.17, 15) is 4.79 Å². The summed E-state index contributed by atoms with van der Waals surface area (Å²) >= 11 is 0. The monoisotopic (exact) mass is 251 g/mol. The third-order valence-corrected chi connectivity index (χ3v) is 3.31. The minimum atomic E-state index is 0.0404. The van der Waals surface area contributed by atoms with Crippen molar-refractivity contribution in [3.63, 3.8) is 0 Å². The highest BCUT2D eigenvalue weighted by atomic mass is 16.5. The average Bonchev–Trinajstić information content (AvgIpc) is 2.68. The first-order chi connectivity index (χ1) is 8.61. The van der Waals surface area contributed by atoms with Crippen LogP contribution in [-0.4, -0.2) is 41.2 Å². The van der Waals surface area contributed by atoms with E-state index in [4.69, 9.17) is 10.5 Å². The highest BCUT2D eigenvalue weighted by molar-refractivity contribution is 5.93. The van der Waals surface area contributed by atoms with Gasteiger partial charge in [-0.15, -0.1) is 0 Å². The first-order valence-corrected chi connectivity index (χ1v) is 6.44. The van der Waals surface area contributed by atoms with Gasteiger partial charge in [-0.3, -0.25) is 4.79 Å². The molecule has 0 aliphatic carbocycles. The van der Waals surface area contributed by atoms with Crippen molar-refractivity contribution in [3.05, 3.63) is 18.0 Å². The molecule has 1 saturated heterocycles. The summed E-state index contributed by atoms with van der Waals surface area (Å²) in [7, 11) is 1.84. The molecule has 2 N–H and O–H groups in total. The predicted molar refractivity (Wildman–Crippen MR) is 70.4 cm³/mol. The number of carbonyl (C=O) groups excluding carboxylic acids is 1. The molecule has 1 aliphatic heterocycles.